The number of carbonyl (C=O) groups excluding carboxylic acids is 2. The van der Waals surface area contributed by atoms with Crippen LogP contribution in [0.1, 0.15) is 18.9 Å². The van der Waals surface area contributed by atoms with E-state index in [9.17, 15) is 14.7 Å². The molecule has 0 bridgehead atoms. The van der Waals surface area contributed by atoms with Gasteiger partial charge in [0.15, 0.2) is 11.5 Å². The minimum absolute atomic E-state index is 0.0233. The summed E-state index contributed by atoms with van der Waals surface area (Å²) in [5.41, 5.74) is 0.668. The molecule has 0 atom stereocenters. The summed E-state index contributed by atoms with van der Waals surface area (Å²) in [5, 5.41) is 9.42. The van der Waals surface area contributed by atoms with E-state index < -0.39 is 11.6 Å². The molecule has 0 aliphatic carbocycles. The summed E-state index contributed by atoms with van der Waals surface area (Å²) >= 11 is 0. The first-order valence-corrected chi connectivity index (χ1v) is 5.82. The van der Waals surface area contributed by atoms with Crippen molar-refractivity contribution in [3.05, 3.63) is 42.0 Å². The fourth-order valence-electron chi connectivity index (χ4n) is 1.39. The Balaban J connectivity index is 2.76. The van der Waals surface area contributed by atoms with Gasteiger partial charge in [0.25, 0.3) is 0 Å². The fraction of sp³-hybridized carbons (Fsp3) is 0.200. The summed E-state index contributed by atoms with van der Waals surface area (Å²) in [7, 11) is 1.44. The van der Waals surface area contributed by atoms with Crippen LogP contribution in [-0.4, -0.2) is 23.8 Å². The molecule has 0 saturated heterocycles. The van der Waals surface area contributed by atoms with Crippen LogP contribution in [0.3, 0.4) is 0 Å². The highest BCUT2D eigenvalue weighted by Gasteiger charge is 2.08. The maximum atomic E-state index is 11.5. The molecule has 0 radical (unpaired) electrons. The van der Waals surface area contributed by atoms with Gasteiger partial charge in [-0.15, -0.1) is 0 Å². The van der Waals surface area contributed by atoms with E-state index in [1.54, 1.807) is 31.2 Å². The number of phenols is 1. The number of benzene rings is 1. The zero-order chi connectivity index (χ0) is 14.3. The monoisotopic (exact) mass is 260 g/mol. The van der Waals surface area contributed by atoms with Gasteiger partial charge in [0.2, 0.25) is 11.6 Å². The van der Waals surface area contributed by atoms with Crippen LogP contribution in [0.5, 0.6) is 11.5 Å². The van der Waals surface area contributed by atoms with E-state index in [0.717, 1.165) is 0 Å². The molecule has 19 heavy (non-hydrogen) atoms. The average molecular weight is 260 g/mol. The second kappa shape index (κ2) is 7.16. The van der Waals surface area contributed by atoms with E-state index in [-0.39, 0.29) is 12.2 Å². The van der Waals surface area contributed by atoms with Gasteiger partial charge in [-0.2, -0.15) is 0 Å². The molecule has 100 valence electrons. The molecule has 1 rings (SSSR count). The third-order valence-corrected chi connectivity index (χ3v) is 2.44. The number of hydrogen-bond acceptors (Lipinski definition) is 4. The summed E-state index contributed by atoms with van der Waals surface area (Å²) in [5.74, 6) is -0.671. The summed E-state index contributed by atoms with van der Waals surface area (Å²) in [6, 6.07) is 4.66. The van der Waals surface area contributed by atoms with E-state index in [1.165, 1.54) is 25.3 Å². The van der Waals surface area contributed by atoms with E-state index >= 15 is 0 Å². The van der Waals surface area contributed by atoms with Crippen LogP contribution in [0.15, 0.2) is 36.4 Å². The molecule has 1 aromatic rings. The predicted octanol–water partition coefficient (Wildman–Crippen LogP) is 2.52. The lowest BCUT2D eigenvalue weighted by molar-refractivity contribution is -0.133. The number of methoxy groups -OCH3 is 1. The fourth-order valence-corrected chi connectivity index (χ4v) is 1.39. The highest BCUT2D eigenvalue weighted by molar-refractivity contribution is 6.42. The van der Waals surface area contributed by atoms with Crippen LogP contribution in [0.25, 0.3) is 6.08 Å². The number of phenolic OH excluding ortho intramolecular Hbond substituents is 1. The third kappa shape index (κ3) is 4.43. The zero-order valence-corrected chi connectivity index (χ0v) is 10.9. The molecule has 1 aromatic carbocycles. The first-order chi connectivity index (χ1) is 9.08. The normalized spacial score (nSPS) is 11.1. The number of aromatic hydroxyl groups is 1. The Labute approximate surface area is 112 Å². The van der Waals surface area contributed by atoms with Crippen LogP contribution in [0, 0.1) is 0 Å². The van der Waals surface area contributed by atoms with Crippen molar-refractivity contribution in [3.8, 4) is 11.5 Å². The number of ether oxygens (including phenoxy) is 1. The van der Waals surface area contributed by atoms with Crippen molar-refractivity contribution in [3.63, 3.8) is 0 Å². The molecule has 0 spiro atoms. The number of carbonyl (C=O) groups is 2. The molecule has 0 heterocycles. The van der Waals surface area contributed by atoms with Crippen molar-refractivity contribution in [2.24, 2.45) is 0 Å². The van der Waals surface area contributed by atoms with E-state index in [0.29, 0.717) is 11.3 Å². The van der Waals surface area contributed by atoms with Gasteiger partial charge >= 0.3 is 0 Å². The number of rotatable bonds is 6. The average Bonchev–Trinajstić information content (AvgIpc) is 2.43. The van der Waals surface area contributed by atoms with Gasteiger partial charge in [0.1, 0.15) is 0 Å². The Morgan fingerprint density at radius 1 is 1.37 bits per heavy atom. The lowest BCUT2D eigenvalue weighted by Crippen LogP contribution is -2.08. The highest BCUT2D eigenvalue weighted by Crippen LogP contribution is 2.26. The second-order valence-corrected chi connectivity index (χ2v) is 3.83. The molecule has 0 fully saturated rings. The van der Waals surface area contributed by atoms with Crippen molar-refractivity contribution in [2.75, 3.05) is 7.11 Å². The van der Waals surface area contributed by atoms with Crippen molar-refractivity contribution < 1.29 is 19.4 Å². The summed E-state index contributed by atoms with van der Waals surface area (Å²) in [6.07, 6.45) is 6.20. The molecule has 0 aliphatic heterocycles. The SMILES string of the molecule is C/C=C\CC(=O)C(=O)/C=C/c1ccc(O)c(OC)c1. The Hall–Kier alpha value is -2.36. The smallest absolute Gasteiger partial charge is 0.221 e. The molecule has 0 aliphatic rings. The van der Waals surface area contributed by atoms with Crippen LogP contribution < -0.4 is 4.74 Å². The second-order valence-electron chi connectivity index (χ2n) is 3.83. The maximum Gasteiger partial charge on any atom is 0.221 e. The zero-order valence-electron chi connectivity index (χ0n) is 10.9. The van der Waals surface area contributed by atoms with Gasteiger partial charge in [-0.3, -0.25) is 9.59 Å². The number of allylic oxidation sites excluding steroid dienone is 3. The van der Waals surface area contributed by atoms with Crippen LogP contribution in [0.2, 0.25) is 0 Å². The quantitative estimate of drug-likeness (QED) is 0.485. The van der Waals surface area contributed by atoms with Crippen LogP contribution in [0.4, 0.5) is 0 Å². The molecule has 0 amide bonds. The molecular weight excluding hydrogens is 244 g/mol. The molecule has 4 heteroatoms. The van der Waals surface area contributed by atoms with Crippen molar-refractivity contribution in [1.82, 2.24) is 0 Å². The van der Waals surface area contributed by atoms with Gasteiger partial charge in [0, 0.05) is 6.42 Å². The molecule has 0 aromatic heterocycles. The summed E-state index contributed by atoms with van der Waals surface area (Å²) in [4.78, 5) is 22.9. The minimum Gasteiger partial charge on any atom is -0.504 e. The van der Waals surface area contributed by atoms with Crippen LogP contribution in [-0.2, 0) is 9.59 Å². The topological polar surface area (TPSA) is 63.6 Å². The Morgan fingerprint density at radius 2 is 2.11 bits per heavy atom. The van der Waals surface area contributed by atoms with Crippen molar-refractivity contribution >= 4 is 17.6 Å². The largest absolute Gasteiger partial charge is 0.504 e. The van der Waals surface area contributed by atoms with Gasteiger partial charge in [-0.1, -0.05) is 24.3 Å². The first kappa shape index (κ1) is 14.7. The highest BCUT2D eigenvalue weighted by atomic mass is 16.5. The Kier molecular flexibility index (Phi) is 5.54. The first-order valence-electron chi connectivity index (χ1n) is 5.82. The lowest BCUT2D eigenvalue weighted by Gasteiger charge is -2.03. The van der Waals surface area contributed by atoms with E-state index in [4.69, 9.17) is 4.74 Å². The number of ketones is 2. The Morgan fingerprint density at radius 3 is 2.74 bits per heavy atom. The molecule has 4 nitrogen and oxygen atoms in total. The molecule has 0 unspecified atom stereocenters. The Bertz CT molecular complexity index is 527. The van der Waals surface area contributed by atoms with Gasteiger partial charge in [-0.05, 0) is 30.7 Å². The molecule has 1 N–H and O–H groups in total. The van der Waals surface area contributed by atoms with E-state index in [1.807, 2.05) is 0 Å². The van der Waals surface area contributed by atoms with Crippen molar-refractivity contribution in [1.29, 1.82) is 0 Å². The number of hydrogen-bond donors (Lipinski definition) is 1. The van der Waals surface area contributed by atoms with E-state index in [2.05, 4.69) is 0 Å². The van der Waals surface area contributed by atoms with Crippen LogP contribution >= 0.6 is 0 Å². The predicted molar refractivity (Wildman–Crippen MR) is 73.1 cm³/mol. The minimum atomic E-state index is -0.551. The lowest BCUT2D eigenvalue weighted by atomic mass is 10.1. The van der Waals surface area contributed by atoms with Crippen molar-refractivity contribution in [2.45, 2.75) is 13.3 Å². The number of Topliss-reactive ketones (excluding diaryl/α,β-unsaturated/α-hetero) is 1. The molecule has 0 saturated carbocycles. The maximum absolute atomic E-state index is 11.5. The van der Waals surface area contributed by atoms with Gasteiger partial charge < -0.3 is 9.84 Å². The van der Waals surface area contributed by atoms with Gasteiger partial charge in [-0.25, -0.2) is 0 Å². The molecular formula is C15H16O4. The third-order valence-electron chi connectivity index (χ3n) is 2.44. The summed E-state index contributed by atoms with van der Waals surface area (Å²) < 4.78 is 4.95. The standard InChI is InChI=1S/C15H16O4/c1-3-4-5-12(16)13(17)8-6-11-7-9-14(18)15(10-11)19-2/h3-4,6-10,18H,5H2,1-2H3/b4-3-,8-6+. The van der Waals surface area contributed by atoms with Gasteiger partial charge in [0.05, 0.1) is 7.11 Å². The summed E-state index contributed by atoms with van der Waals surface area (Å²) in [6.45, 7) is 1.79.